The van der Waals surface area contributed by atoms with Crippen LogP contribution in [-0.2, 0) is 6.42 Å². The Balaban J connectivity index is 2.27. The van der Waals surface area contributed by atoms with Crippen molar-refractivity contribution in [2.75, 3.05) is 0 Å². The van der Waals surface area contributed by atoms with Gasteiger partial charge in [-0.1, -0.05) is 31.9 Å². The van der Waals surface area contributed by atoms with Crippen molar-refractivity contribution in [2.24, 2.45) is 5.73 Å². The molecule has 0 aliphatic rings. The molecule has 2 rings (SSSR count). The lowest BCUT2D eigenvalue weighted by molar-refractivity contribution is 0.612. The van der Waals surface area contributed by atoms with Gasteiger partial charge in [-0.3, -0.25) is 0 Å². The molecule has 19 heavy (non-hydrogen) atoms. The summed E-state index contributed by atoms with van der Waals surface area (Å²) in [5.74, 6) is -0.657. The van der Waals surface area contributed by atoms with Crippen molar-refractivity contribution in [3.05, 3.63) is 68.1 Å². The molecule has 0 amide bonds. The van der Waals surface area contributed by atoms with E-state index < -0.39 is 6.04 Å². The van der Waals surface area contributed by atoms with Crippen molar-refractivity contribution in [1.29, 1.82) is 0 Å². The number of nitrogens with two attached hydrogens (primary N) is 1. The minimum absolute atomic E-state index is 0.316. The highest BCUT2D eigenvalue weighted by Crippen LogP contribution is 2.28. The Morgan fingerprint density at radius 3 is 2.21 bits per heavy atom. The average Bonchev–Trinajstić information content (AvgIpc) is 2.36. The number of benzene rings is 2. The summed E-state index contributed by atoms with van der Waals surface area (Å²) in [5.41, 5.74) is 7.49. The maximum absolute atomic E-state index is 13.2. The van der Waals surface area contributed by atoms with Crippen molar-refractivity contribution in [3.8, 4) is 0 Å². The molecular formula is C14H11Br2F2N. The third-order valence-electron chi connectivity index (χ3n) is 2.81. The van der Waals surface area contributed by atoms with Gasteiger partial charge in [0.1, 0.15) is 11.6 Å². The second-order valence-corrected chi connectivity index (χ2v) is 5.92. The lowest BCUT2D eigenvalue weighted by Gasteiger charge is -2.15. The lowest BCUT2D eigenvalue weighted by atomic mass is 9.99. The molecule has 0 saturated heterocycles. The van der Waals surface area contributed by atoms with Crippen molar-refractivity contribution in [3.63, 3.8) is 0 Å². The molecule has 0 fully saturated rings. The molecule has 2 aromatic rings. The molecule has 2 aromatic carbocycles. The molecule has 0 radical (unpaired) electrons. The summed E-state index contributed by atoms with van der Waals surface area (Å²) in [6.45, 7) is 0. The van der Waals surface area contributed by atoms with Crippen molar-refractivity contribution in [1.82, 2.24) is 0 Å². The molecule has 1 unspecified atom stereocenters. The quantitative estimate of drug-likeness (QED) is 0.805. The zero-order chi connectivity index (χ0) is 14.0. The summed E-state index contributed by atoms with van der Waals surface area (Å²) in [6.07, 6.45) is 0.417. The standard InChI is InChI=1S/C14H11Br2F2N/c15-12-3-1-9(17)5-8(12)6-14(19)11-7-10(18)2-4-13(11)16/h1-5,7,14H,6,19H2. The van der Waals surface area contributed by atoms with E-state index in [1.54, 1.807) is 12.1 Å². The van der Waals surface area contributed by atoms with Crippen molar-refractivity contribution < 1.29 is 8.78 Å². The fraction of sp³-hybridized carbons (Fsp3) is 0.143. The van der Waals surface area contributed by atoms with Gasteiger partial charge in [0, 0.05) is 15.0 Å². The predicted octanol–water partition coefficient (Wildman–Crippen LogP) is 4.73. The Labute approximate surface area is 127 Å². The van der Waals surface area contributed by atoms with Crippen LogP contribution in [0.2, 0.25) is 0 Å². The van der Waals surface area contributed by atoms with Crippen molar-refractivity contribution in [2.45, 2.75) is 12.5 Å². The fourth-order valence-corrected chi connectivity index (χ4v) is 2.79. The van der Waals surface area contributed by atoms with Crippen LogP contribution in [0.3, 0.4) is 0 Å². The molecule has 1 atom stereocenters. The monoisotopic (exact) mass is 389 g/mol. The van der Waals surface area contributed by atoms with E-state index >= 15 is 0 Å². The summed E-state index contributed by atoms with van der Waals surface area (Å²) < 4.78 is 28.0. The maximum Gasteiger partial charge on any atom is 0.123 e. The maximum atomic E-state index is 13.2. The minimum Gasteiger partial charge on any atom is -0.324 e. The molecule has 0 heterocycles. The summed E-state index contributed by atoms with van der Waals surface area (Å²) in [6, 6.07) is 8.39. The fourth-order valence-electron chi connectivity index (χ4n) is 1.85. The minimum atomic E-state index is -0.414. The lowest BCUT2D eigenvalue weighted by Crippen LogP contribution is -2.14. The third kappa shape index (κ3) is 3.61. The van der Waals surface area contributed by atoms with Crippen LogP contribution in [0.4, 0.5) is 8.78 Å². The molecule has 100 valence electrons. The first-order valence-corrected chi connectivity index (χ1v) is 7.20. The Morgan fingerprint density at radius 2 is 1.53 bits per heavy atom. The van der Waals surface area contributed by atoms with Gasteiger partial charge in [-0.15, -0.1) is 0 Å². The molecule has 0 bridgehead atoms. The highest BCUT2D eigenvalue weighted by Gasteiger charge is 2.14. The number of rotatable bonds is 3. The molecule has 1 nitrogen and oxygen atoms in total. The smallest absolute Gasteiger partial charge is 0.123 e. The van der Waals surface area contributed by atoms with E-state index in [1.165, 1.54) is 24.3 Å². The molecule has 0 aromatic heterocycles. The van der Waals surface area contributed by atoms with Gasteiger partial charge in [0.05, 0.1) is 0 Å². The largest absolute Gasteiger partial charge is 0.324 e. The van der Waals surface area contributed by atoms with Crippen LogP contribution >= 0.6 is 31.9 Å². The molecule has 5 heteroatoms. The van der Waals surface area contributed by atoms with Gasteiger partial charge >= 0.3 is 0 Å². The molecule has 0 aliphatic heterocycles. The Kier molecular flexibility index (Phi) is 4.71. The molecule has 0 aliphatic carbocycles. The first-order valence-electron chi connectivity index (χ1n) is 5.62. The van der Waals surface area contributed by atoms with Crippen LogP contribution in [-0.4, -0.2) is 0 Å². The van der Waals surface area contributed by atoms with E-state index in [1.807, 2.05) is 0 Å². The van der Waals surface area contributed by atoms with Gasteiger partial charge in [-0.25, -0.2) is 8.78 Å². The van der Waals surface area contributed by atoms with Crippen molar-refractivity contribution >= 4 is 31.9 Å². The Morgan fingerprint density at radius 1 is 0.947 bits per heavy atom. The number of hydrogen-bond donors (Lipinski definition) is 1. The van der Waals surface area contributed by atoms with E-state index in [-0.39, 0.29) is 11.6 Å². The van der Waals surface area contributed by atoms with Crippen LogP contribution in [0.15, 0.2) is 45.3 Å². The molecule has 0 spiro atoms. The van der Waals surface area contributed by atoms with Gasteiger partial charge in [-0.05, 0) is 53.9 Å². The predicted molar refractivity (Wildman–Crippen MR) is 78.8 cm³/mol. The van der Waals surface area contributed by atoms with Gasteiger partial charge in [0.25, 0.3) is 0 Å². The highest BCUT2D eigenvalue weighted by molar-refractivity contribution is 9.10. The van der Waals surface area contributed by atoms with E-state index in [9.17, 15) is 8.78 Å². The van der Waals surface area contributed by atoms with Crippen LogP contribution in [0, 0.1) is 11.6 Å². The van der Waals surface area contributed by atoms with Gasteiger partial charge in [0.2, 0.25) is 0 Å². The molecule has 2 N–H and O–H groups in total. The summed E-state index contributed by atoms with van der Waals surface area (Å²) in [4.78, 5) is 0. The van der Waals surface area contributed by atoms with Gasteiger partial charge in [0.15, 0.2) is 0 Å². The van der Waals surface area contributed by atoms with Gasteiger partial charge < -0.3 is 5.73 Å². The Hall–Kier alpha value is -0.780. The van der Waals surface area contributed by atoms with Crippen LogP contribution in [0.1, 0.15) is 17.2 Å². The second-order valence-electron chi connectivity index (χ2n) is 4.21. The zero-order valence-corrected chi connectivity index (χ0v) is 13.0. The topological polar surface area (TPSA) is 26.0 Å². The number of halogens is 4. The van der Waals surface area contributed by atoms with E-state index in [2.05, 4.69) is 31.9 Å². The normalized spacial score (nSPS) is 12.5. The number of hydrogen-bond acceptors (Lipinski definition) is 1. The highest BCUT2D eigenvalue weighted by atomic mass is 79.9. The molecular weight excluding hydrogens is 380 g/mol. The van der Waals surface area contributed by atoms with E-state index in [4.69, 9.17) is 5.73 Å². The third-order valence-corrected chi connectivity index (χ3v) is 4.30. The second kappa shape index (κ2) is 6.11. The first kappa shape index (κ1) is 14.6. The zero-order valence-electron chi connectivity index (χ0n) is 9.84. The van der Waals surface area contributed by atoms with Gasteiger partial charge in [-0.2, -0.15) is 0 Å². The summed E-state index contributed by atoms with van der Waals surface area (Å²) in [7, 11) is 0. The SMILES string of the molecule is NC(Cc1cc(F)ccc1Br)c1cc(F)ccc1Br. The van der Waals surface area contributed by atoms with Crippen LogP contribution in [0.25, 0.3) is 0 Å². The van der Waals surface area contributed by atoms with Crippen LogP contribution in [0.5, 0.6) is 0 Å². The summed E-state index contributed by atoms with van der Waals surface area (Å²) >= 11 is 6.70. The van der Waals surface area contributed by atoms with Crippen LogP contribution < -0.4 is 5.73 Å². The van der Waals surface area contributed by atoms with E-state index in [0.29, 0.717) is 12.0 Å². The molecule has 0 saturated carbocycles. The Bertz CT molecular complexity index is 602. The van der Waals surface area contributed by atoms with E-state index in [0.717, 1.165) is 14.5 Å². The first-order chi connectivity index (χ1) is 8.97. The summed E-state index contributed by atoms with van der Waals surface area (Å²) in [5, 5.41) is 0. The average molecular weight is 391 g/mol.